The number of benzene rings is 3. The lowest BCUT2D eigenvalue weighted by atomic mass is 10.0. The fraction of sp³-hybridized carbons (Fsp3) is 0. The largest absolute Gasteiger partial charge is 0.506 e. The Morgan fingerprint density at radius 1 is 0.914 bits per heavy atom. The van der Waals surface area contributed by atoms with Gasteiger partial charge in [0, 0.05) is 10.4 Å². The van der Waals surface area contributed by atoms with Gasteiger partial charge in [0.1, 0.15) is 5.75 Å². The van der Waals surface area contributed by atoms with Crippen LogP contribution in [-0.4, -0.2) is 36.5 Å². The van der Waals surface area contributed by atoms with Crippen LogP contribution < -0.4 is 0 Å². The van der Waals surface area contributed by atoms with Crippen LogP contribution in [0, 0.1) is 0 Å². The average molecular weight is 480 g/mol. The van der Waals surface area contributed by atoms with Crippen LogP contribution in [0.1, 0.15) is 27.2 Å². The van der Waals surface area contributed by atoms with Gasteiger partial charge in [0.05, 0.1) is 22.3 Å². The van der Waals surface area contributed by atoms with E-state index >= 15 is 0 Å². The summed E-state index contributed by atoms with van der Waals surface area (Å²) >= 11 is 6.14. The molecule has 5 rings (SSSR count). The van der Waals surface area contributed by atoms with Crippen molar-refractivity contribution in [2.24, 2.45) is 0 Å². The fourth-order valence-corrected chi connectivity index (χ4v) is 3.79. The summed E-state index contributed by atoms with van der Waals surface area (Å²) in [6.07, 6.45) is 7.01. The predicted octanol–water partition coefficient (Wildman–Crippen LogP) is 5.84. The highest BCUT2D eigenvalue weighted by atomic mass is 35.5. The zero-order chi connectivity index (χ0) is 24.2. The van der Waals surface area contributed by atoms with Gasteiger partial charge in [0.15, 0.2) is 5.78 Å². The molecule has 0 spiro atoms. The van der Waals surface area contributed by atoms with Gasteiger partial charge in [-0.1, -0.05) is 72.3 Å². The number of tetrazole rings is 1. The number of carbonyl (C=O) groups excluding carboxylic acids is 1. The maximum absolute atomic E-state index is 12.7. The summed E-state index contributed by atoms with van der Waals surface area (Å²) in [5.74, 6) is -0.514. The maximum Gasteiger partial charge on any atom is 0.208 e. The van der Waals surface area contributed by atoms with Gasteiger partial charge in [-0.2, -0.15) is 5.21 Å². The van der Waals surface area contributed by atoms with E-state index in [2.05, 4.69) is 31.7 Å². The van der Waals surface area contributed by atoms with Gasteiger partial charge in [-0.15, -0.1) is 10.2 Å². The number of carbonyl (C=O) groups is 1. The molecule has 2 aromatic heterocycles. The van der Waals surface area contributed by atoms with Crippen LogP contribution in [-0.2, 0) is 0 Å². The molecular weight excluding hydrogens is 462 g/mol. The molecule has 0 fully saturated rings. The SMILES string of the molecule is O=C(C=Cc1ccc(C=Cc2ccc3ccccc3n2)cc1)c1cc(Cl)cc(-c2nn[nH]n2)c1O. The molecule has 8 heteroatoms. The smallest absolute Gasteiger partial charge is 0.208 e. The standard InChI is InChI=1S/C27H18ClN5O2/c28-20-15-22(26(35)23(16-20)27-30-32-33-31-27)25(34)14-10-18-7-5-17(6-8-18)9-12-21-13-11-19-3-1-2-4-24(19)29-21/h1-16,35H,(H,30,31,32,33). The van der Waals surface area contributed by atoms with Crippen molar-refractivity contribution in [3.63, 3.8) is 0 Å². The summed E-state index contributed by atoms with van der Waals surface area (Å²) in [6, 6.07) is 22.6. The number of H-pyrrole nitrogens is 1. The van der Waals surface area contributed by atoms with E-state index in [1.165, 1.54) is 18.2 Å². The number of aromatic nitrogens is 5. The number of hydrogen-bond donors (Lipinski definition) is 2. The number of allylic oxidation sites excluding steroid dienone is 1. The third-order valence-electron chi connectivity index (χ3n) is 5.36. The minimum absolute atomic E-state index is 0.0518. The zero-order valence-corrected chi connectivity index (χ0v) is 19.0. The van der Waals surface area contributed by atoms with Crippen molar-refractivity contribution in [3.05, 3.63) is 106 Å². The number of phenols is 1. The van der Waals surface area contributed by atoms with Gasteiger partial charge in [0.25, 0.3) is 0 Å². The Balaban J connectivity index is 1.30. The number of rotatable bonds is 6. The Labute approximate surface area is 205 Å². The molecule has 0 radical (unpaired) electrons. The first-order chi connectivity index (χ1) is 17.1. The number of halogens is 1. The summed E-state index contributed by atoms with van der Waals surface area (Å²) in [4.78, 5) is 17.4. The number of pyridine rings is 1. The Kier molecular flexibility index (Phi) is 6.15. The van der Waals surface area contributed by atoms with Crippen LogP contribution in [0.4, 0.5) is 0 Å². The molecule has 2 heterocycles. The van der Waals surface area contributed by atoms with Crippen molar-refractivity contribution in [2.45, 2.75) is 0 Å². The second kappa shape index (κ2) is 9.70. The Morgan fingerprint density at radius 3 is 2.46 bits per heavy atom. The van der Waals surface area contributed by atoms with Gasteiger partial charge in [-0.3, -0.25) is 4.79 Å². The van der Waals surface area contributed by atoms with Crippen LogP contribution in [0.15, 0.2) is 78.9 Å². The first kappa shape index (κ1) is 22.2. The lowest BCUT2D eigenvalue weighted by molar-refractivity contribution is 0.104. The second-order valence-corrected chi connectivity index (χ2v) is 8.15. The number of phenolic OH excluding ortho intramolecular Hbond substituents is 1. The molecule has 7 nitrogen and oxygen atoms in total. The molecule has 0 atom stereocenters. The van der Waals surface area contributed by atoms with E-state index in [1.807, 2.05) is 66.7 Å². The van der Waals surface area contributed by atoms with Crippen molar-refractivity contribution in [1.29, 1.82) is 0 Å². The maximum atomic E-state index is 12.7. The lowest BCUT2D eigenvalue weighted by Gasteiger charge is -2.06. The summed E-state index contributed by atoms with van der Waals surface area (Å²) in [6.45, 7) is 0. The lowest BCUT2D eigenvalue weighted by Crippen LogP contribution is -1.97. The Hall–Kier alpha value is -4.62. The molecule has 0 unspecified atom stereocenters. The van der Waals surface area contributed by atoms with Crippen molar-refractivity contribution in [2.75, 3.05) is 0 Å². The van der Waals surface area contributed by atoms with E-state index in [4.69, 9.17) is 11.6 Å². The number of ketones is 1. The average Bonchev–Trinajstić information content (AvgIpc) is 3.42. The number of para-hydroxylation sites is 1. The molecule has 0 aliphatic rings. The molecule has 35 heavy (non-hydrogen) atoms. The van der Waals surface area contributed by atoms with Gasteiger partial charge < -0.3 is 5.11 Å². The van der Waals surface area contributed by atoms with Crippen molar-refractivity contribution in [1.82, 2.24) is 25.6 Å². The molecule has 5 aromatic rings. The molecule has 0 aliphatic carbocycles. The highest BCUT2D eigenvalue weighted by Crippen LogP contribution is 2.33. The van der Waals surface area contributed by atoms with Crippen LogP contribution in [0.3, 0.4) is 0 Å². The highest BCUT2D eigenvalue weighted by Gasteiger charge is 2.18. The molecule has 170 valence electrons. The quantitative estimate of drug-likeness (QED) is 0.234. The molecule has 0 saturated carbocycles. The number of aromatic amines is 1. The van der Waals surface area contributed by atoms with Gasteiger partial charge in [-0.25, -0.2) is 4.98 Å². The third kappa shape index (κ3) is 5.00. The van der Waals surface area contributed by atoms with Gasteiger partial charge in [0.2, 0.25) is 5.82 Å². The van der Waals surface area contributed by atoms with Gasteiger partial charge in [-0.05, 0) is 52.8 Å². The molecule has 2 N–H and O–H groups in total. The second-order valence-electron chi connectivity index (χ2n) is 7.71. The normalized spacial score (nSPS) is 11.6. The van der Waals surface area contributed by atoms with Crippen LogP contribution in [0.5, 0.6) is 5.75 Å². The first-order valence-corrected chi connectivity index (χ1v) is 11.1. The zero-order valence-electron chi connectivity index (χ0n) is 18.3. The number of nitrogens with one attached hydrogen (secondary N) is 1. The van der Waals surface area contributed by atoms with Gasteiger partial charge >= 0.3 is 0 Å². The molecule has 0 saturated heterocycles. The number of fused-ring (bicyclic) bond motifs is 1. The van der Waals surface area contributed by atoms with Crippen molar-refractivity contribution < 1.29 is 9.90 Å². The Bertz CT molecular complexity index is 1580. The minimum atomic E-state index is -0.402. The van der Waals surface area contributed by atoms with E-state index in [0.717, 1.165) is 27.7 Å². The molecule has 0 amide bonds. The molecule has 0 aliphatic heterocycles. The monoisotopic (exact) mass is 479 g/mol. The number of hydrogen-bond acceptors (Lipinski definition) is 6. The number of aromatic hydroxyl groups is 1. The van der Waals surface area contributed by atoms with E-state index in [1.54, 1.807) is 6.08 Å². The van der Waals surface area contributed by atoms with E-state index in [0.29, 0.717) is 0 Å². The minimum Gasteiger partial charge on any atom is -0.506 e. The van der Waals surface area contributed by atoms with Crippen LogP contribution >= 0.6 is 11.6 Å². The molecule has 0 bridgehead atoms. The summed E-state index contributed by atoms with van der Waals surface area (Å²) in [5, 5.41) is 25.4. The van der Waals surface area contributed by atoms with Crippen LogP contribution in [0.2, 0.25) is 5.02 Å². The summed E-state index contributed by atoms with van der Waals surface area (Å²) in [5.41, 5.74) is 3.94. The first-order valence-electron chi connectivity index (χ1n) is 10.7. The number of nitrogens with zero attached hydrogens (tertiary/aromatic N) is 4. The molecular formula is C27H18ClN5O2. The predicted molar refractivity (Wildman–Crippen MR) is 137 cm³/mol. The highest BCUT2D eigenvalue weighted by molar-refractivity contribution is 6.31. The van der Waals surface area contributed by atoms with E-state index in [9.17, 15) is 9.90 Å². The topological polar surface area (TPSA) is 105 Å². The van der Waals surface area contributed by atoms with Crippen LogP contribution in [0.25, 0.3) is 40.5 Å². The van der Waals surface area contributed by atoms with E-state index < -0.39 is 5.78 Å². The van der Waals surface area contributed by atoms with Crippen molar-refractivity contribution in [3.8, 4) is 17.1 Å². The summed E-state index contributed by atoms with van der Waals surface area (Å²) < 4.78 is 0. The Morgan fingerprint density at radius 2 is 1.69 bits per heavy atom. The van der Waals surface area contributed by atoms with Crippen molar-refractivity contribution >= 4 is 46.5 Å². The summed E-state index contributed by atoms with van der Waals surface area (Å²) in [7, 11) is 0. The molecule has 3 aromatic carbocycles. The third-order valence-corrected chi connectivity index (χ3v) is 5.57. The van der Waals surface area contributed by atoms with E-state index in [-0.39, 0.29) is 27.7 Å². The fourth-order valence-electron chi connectivity index (χ4n) is 3.57.